The first-order valence-corrected chi connectivity index (χ1v) is 5.42. The number of carboxylic acid groups (broad SMARTS) is 1. The van der Waals surface area contributed by atoms with Gasteiger partial charge in [-0.3, -0.25) is 9.59 Å². The molecule has 4 nitrogen and oxygen atoms in total. The van der Waals surface area contributed by atoms with Crippen molar-refractivity contribution in [1.82, 2.24) is 4.90 Å². The smallest absolute Gasteiger partial charge is 0.323 e. The third-order valence-corrected chi connectivity index (χ3v) is 2.64. The fraction of sp³-hybridized carbons (Fsp3) is 0.385. The first kappa shape index (κ1) is 13.2. The number of nitrogens with zero attached hydrogens (tertiary/aromatic N) is 1. The van der Waals surface area contributed by atoms with Crippen molar-refractivity contribution in [3.63, 3.8) is 0 Å². The van der Waals surface area contributed by atoms with Gasteiger partial charge in [0.25, 0.3) is 0 Å². The molecule has 0 spiro atoms. The van der Waals surface area contributed by atoms with Crippen molar-refractivity contribution in [3.8, 4) is 0 Å². The molecule has 4 heteroatoms. The van der Waals surface area contributed by atoms with E-state index in [1.807, 2.05) is 32.0 Å². The summed E-state index contributed by atoms with van der Waals surface area (Å²) < 4.78 is 0. The summed E-state index contributed by atoms with van der Waals surface area (Å²) in [5.74, 6) is -1.18. The Morgan fingerprint density at radius 1 is 1.29 bits per heavy atom. The molecule has 0 radical (unpaired) electrons. The molecule has 1 aromatic carbocycles. The quantitative estimate of drug-likeness (QED) is 0.858. The normalized spacial score (nSPS) is 10.1. The second-order valence-corrected chi connectivity index (χ2v) is 4.25. The lowest BCUT2D eigenvalue weighted by Crippen LogP contribution is -2.33. The molecular formula is C13H17NO3. The molecule has 0 atom stereocenters. The fourth-order valence-corrected chi connectivity index (χ4v) is 1.63. The summed E-state index contributed by atoms with van der Waals surface area (Å²) in [7, 11) is 1.50. The predicted molar refractivity (Wildman–Crippen MR) is 64.9 cm³/mol. The van der Waals surface area contributed by atoms with E-state index in [9.17, 15) is 9.59 Å². The van der Waals surface area contributed by atoms with Gasteiger partial charge in [0.05, 0.1) is 6.42 Å². The van der Waals surface area contributed by atoms with Crippen molar-refractivity contribution < 1.29 is 14.7 Å². The van der Waals surface area contributed by atoms with Gasteiger partial charge >= 0.3 is 5.97 Å². The minimum Gasteiger partial charge on any atom is -0.480 e. The number of carbonyl (C=O) groups excluding carboxylic acids is 1. The summed E-state index contributed by atoms with van der Waals surface area (Å²) in [4.78, 5) is 23.5. The highest BCUT2D eigenvalue weighted by Crippen LogP contribution is 2.11. The molecule has 92 valence electrons. The van der Waals surface area contributed by atoms with Crippen molar-refractivity contribution in [2.75, 3.05) is 13.6 Å². The van der Waals surface area contributed by atoms with Crippen molar-refractivity contribution in [2.45, 2.75) is 20.3 Å². The van der Waals surface area contributed by atoms with Gasteiger partial charge in [0.15, 0.2) is 0 Å². The first-order chi connectivity index (χ1) is 7.90. The van der Waals surface area contributed by atoms with Crippen LogP contribution in [0, 0.1) is 13.8 Å². The molecule has 1 rings (SSSR count). The number of rotatable bonds is 4. The van der Waals surface area contributed by atoms with Crippen LogP contribution in [0.4, 0.5) is 0 Å². The van der Waals surface area contributed by atoms with Crippen LogP contribution in [0.3, 0.4) is 0 Å². The van der Waals surface area contributed by atoms with Crippen LogP contribution in [0.5, 0.6) is 0 Å². The van der Waals surface area contributed by atoms with Gasteiger partial charge in [-0.25, -0.2) is 0 Å². The molecule has 0 aliphatic rings. The Morgan fingerprint density at radius 3 is 2.47 bits per heavy atom. The van der Waals surface area contributed by atoms with Gasteiger partial charge in [0.1, 0.15) is 6.54 Å². The molecule has 17 heavy (non-hydrogen) atoms. The molecule has 0 bridgehead atoms. The monoisotopic (exact) mass is 235 g/mol. The highest BCUT2D eigenvalue weighted by Gasteiger charge is 2.13. The van der Waals surface area contributed by atoms with Crippen LogP contribution in [-0.4, -0.2) is 35.5 Å². The standard InChI is InChI=1S/C13H17NO3/c1-9-4-5-11(10(2)6-9)7-12(15)14(3)8-13(16)17/h4-6H,7-8H2,1-3H3,(H,16,17). The Balaban J connectivity index is 2.71. The number of hydrogen-bond acceptors (Lipinski definition) is 2. The Morgan fingerprint density at radius 2 is 1.94 bits per heavy atom. The summed E-state index contributed by atoms with van der Waals surface area (Å²) in [5, 5.41) is 8.60. The van der Waals surface area contributed by atoms with E-state index in [4.69, 9.17) is 5.11 Å². The topological polar surface area (TPSA) is 57.6 Å². The molecule has 1 N–H and O–H groups in total. The minimum atomic E-state index is -0.999. The first-order valence-electron chi connectivity index (χ1n) is 5.42. The highest BCUT2D eigenvalue weighted by molar-refractivity contribution is 5.82. The van der Waals surface area contributed by atoms with Gasteiger partial charge in [0.2, 0.25) is 5.91 Å². The number of aliphatic carboxylic acids is 1. The maximum Gasteiger partial charge on any atom is 0.323 e. The zero-order valence-electron chi connectivity index (χ0n) is 10.4. The number of amides is 1. The number of hydrogen-bond donors (Lipinski definition) is 1. The Hall–Kier alpha value is -1.84. The van der Waals surface area contributed by atoms with E-state index in [0.29, 0.717) is 0 Å². The molecule has 1 aromatic rings. The molecule has 0 heterocycles. The molecule has 0 saturated heterocycles. The highest BCUT2D eigenvalue weighted by atomic mass is 16.4. The number of aryl methyl sites for hydroxylation is 2. The minimum absolute atomic E-state index is 0.181. The van der Waals surface area contributed by atoms with E-state index in [2.05, 4.69) is 0 Å². The third-order valence-electron chi connectivity index (χ3n) is 2.64. The third kappa shape index (κ3) is 3.90. The number of benzene rings is 1. The number of carbonyl (C=O) groups is 2. The van der Waals surface area contributed by atoms with Crippen LogP contribution >= 0.6 is 0 Å². The lowest BCUT2D eigenvalue weighted by molar-refractivity contribution is -0.143. The second kappa shape index (κ2) is 5.48. The van der Waals surface area contributed by atoms with Gasteiger partial charge in [-0.2, -0.15) is 0 Å². The van der Waals surface area contributed by atoms with Gasteiger partial charge in [0, 0.05) is 7.05 Å². The lowest BCUT2D eigenvalue weighted by Gasteiger charge is -2.15. The van der Waals surface area contributed by atoms with Gasteiger partial charge in [-0.1, -0.05) is 23.8 Å². The van der Waals surface area contributed by atoms with Crippen molar-refractivity contribution >= 4 is 11.9 Å². The zero-order chi connectivity index (χ0) is 13.0. The lowest BCUT2D eigenvalue weighted by atomic mass is 10.0. The van der Waals surface area contributed by atoms with Crippen LogP contribution in [0.2, 0.25) is 0 Å². The van der Waals surface area contributed by atoms with Crippen LogP contribution in [0.15, 0.2) is 18.2 Å². The SMILES string of the molecule is Cc1ccc(CC(=O)N(C)CC(=O)O)c(C)c1. The number of likely N-dealkylation sites (N-methyl/N-ethyl adjacent to an activating group) is 1. The fourth-order valence-electron chi connectivity index (χ4n) is 1.63. The Labute approximate surface area is 101 Å². The van der Waals surface area contributed by atoms with Crippen molar-refractivity contribution in [1.29, 1.82) is 0 Å². The Kier molecular flexibility index (Phi) is 4.26. The molecule has 0 unspecified atom stereocenters. The van der Waals surface area contributed by atoms with Crippen LogP contribution in [-0.2, 0) is 16.0 Å². The van der Waals surface area contributed by atoms with Crippen molar-refractivity contribution in [3.05, 3.63) is 34.9 Å². The molecule has 0 aliphatic carbocycles. The maximum absolute atomic E-state index is 11.7. The van der Waals surface area contributed by atoms with E-state index in [0.717, 1.165) is 16.7 Å². The van der Waals surface area contributed by atoms with Gasteiger partial charge in [-0.05, 0) is 25.0 Å². The van der Waals surface area contributed by atoms with Gasteiger partial charge < -0.3 is 10.0 Å². The molecule has 0 aromatic heterocycles. The van der Waals surface area contributed by atoms with Crippen LogP contribution in [0.25, 0.3) is 0 Å². The summed E-state index contributed by atoms with van der Waals surface area (Å²) in [6.45, 7) is 3.69. The molecule has 0 fully saturated rings. The number of carboxylic acids is 1. The Bertz CT molecular complexity index is 440. The molecular weight excluding hydrogens is 218 g/mol. The summed E-state index contributed by atoms with van der Waals surface area (Å²) >= 11 is 0. The van der Waals surface area contributed by atoms with E-state index in [-0.39, 0.29) is 18.9 Å². The van der Waals surface area contributed by atoms with E-state index in [1.54, 1.807) is 0 Å². The summed E-state index contributed by atoms with van der Waals surface area (Å²) in [6, 6.07) is 5.88. The van der Waals surface area contributed by atoms with E-state index < -0.39 is 5.97 Å². The van der Waals surface area contributed by atoms with Crippen molar-refractivity contribution in [2.24, 2.45) is 0 Å². The van der Waals surface area contributed by atoms with Crippen LogP contribution < -0.4 is 0 Å². The van der Waals surface area contributed by atoms with Gasteiger partial charge in [-0.15, -0.1) is 0 Å². The average molecular weight is 235 g/mol. The summed E-state index contributed by atoms with van der Waals surface area (Å²) in [5.41, 5.74) is 3.15. The molecule has 0 aliphatic heterocycles. The second-order valence-electron chi connectivity index (χ2n) is 4.25. The van der Waals surface area contributed by atoms with E-state index in [1.165, 1.54) is 11.9 Å². The molecule has 1 amide bonds. The molecule has 0 saturated carbocycles. The maximum atomic E-state index is 11.7. The van der Waals surface area contributed by atoms with E-state index >= 15 is 0 Å². The predicted octanol–water partition coefficient (Wildman–Crippen LogP) is 1.39. The summed E-state index contributed by atoms with van der Waals surface area (Å²) in [6.07, 6.45) is 0.246. The largest absolute Gasteiger partial charge is 0.480 e. The zero-order valence-corrected chi connectivity index (χ0v) is 10.4. The van der Waals surface area contributed by atoms with Crippen LogP contribution in [0.1, 0.15) is 16.7 Å². The average Bonchev–Trinajstić information content (AvgIpc) is 2.21.